The second-order valence-corrected chi connectivity index (χ2v) is 22.5. The molecular weight excluding hydrogens is 1110 g/mol. The average Bonchev–Trinajstić information content (AvgIpc) is 1.89. The maximum Gasteiger partial charge on any atom is 0.220 e. The van der Waals surface area contributed by atoms with Gasteiger partial charge in [-0.2, -0.15) is 0 Å². The SMILES string of the molecule is CC/C=C\C/C=C\C/C=C\C/C=C\C/C=C\C/C=C\C/C=C\C/C=C\CCCCCCCCC(=O)NC(COC1OC(CO)C(OC2OC(CO)C(OC3OC(CO)C(O)C(O)C3O)C(O)C2O)C(O)C1O)C(O)/C=C/CCCCCCCCCC. The van der Waals surface area contributed by atoms with E-state index in [-0.39, 0.29) is 18.9 Å². The quantitative estimate of drug-likeness (QED) is 0.0214. The van der Waals surface area contributed by atoms with Gasteiger partial charge in [-0.05, 0) is 83.5 Å². The highest BCUT2D eigenvalue weighted by molar-refractivity contribution is 5.76. The molecule has 492 valence electrons. The molecule has 3 fully saturated rings. The molecule has 0 aliphatic carbocycles. The van der Waals surface area contributed by atoms with Crippen LogP contribution in [0.15, 0.2) is 109 Å². The van der Waals surface area contributed by atoms with E-state index in [1.165, 1.54) is 32.1 Å². The van der Waals surface area contributed by atoms with Crippen LogP contribution in [0.25, 0.3) is 0 Å². The number of allylic oxidation sites excluding steroid dienone is 17. The first-order valence-electron chi connectivity index (χ1n) is 32.1. The second kappa shape index (κ2) is 48.3. The van der Waals surface area contributed by atoms with Gasteiger partial charge in [-0.3, -0.25) is 4.79 Å². The molecule has 1 amide bonds. The number of carbonyl (C=O) groups is 1. The molecule has 17 unspecified atom stereocenters. The Morgan fingerprint density at radius 2 is 0.802 bits per heavy atom. The third-order valence-corrected chi connectivity index (χ3v) is 15.3. The summed E-state index contributed by atoms with van der Waals surface area (Å²) in [5.41, 5.74) is 0. The summed E-state index contributed by atoms with van der Waals surface area (Å²) in [5, 5.41) is 120. The molecule has 86 heavy (non-hydrogen) atoms. The number of aliphatic hydroxyl groups excluding tert-OH is 11. The standard InChI is InChI=1S/C67H111NO18/c1-3-5-7-9-11-13-15-16-17-18-19-20-21-22-23-24-25-26-27-28-29-30-31-32-33-34-35-37-39-41-43-45-55(73)68-50(51(72)44-42-40-38-36-14-12-10-8-6-4-2)49-81-65-61(79)58(76)63(53(47-70)83-65)86-67-62(80)59(77)64(54(48-71)84-67)85-66-60(78)57(75)56(74)52(46-69)82-66/h5,7,11,13,16-17,19-20,22-23,25-26,28-29,31-32,42,44,50-54,56-67,69-72,74-80H,3-4,6,8-10,12,14-15,18,21,24,27,30,33-41,43,45-49H2,1-2H3,(H,68,73)/b7-5-,13-11-,17-16-,20-19-,23-22-,26-25-,29-28-,32-31-,44-42+. The van der Waals surface area contributed by atoms with E-state index >= 15 is 0 Å². The van der Waals surface area contributed by atoms with E-state index in [1.54, 1.807) is 6.08 Å². The molecule has 3 aliphatic rings. The number of rotatable bonds is 46. The molecule has 0 bridgehead atoms. The smallest absolute Gasteiger partial charge is 0.220 e. The van der Waals surface area contributed by atoms with Crippen molar-refractivity contribution in [2.24, 2.45) is 0 Å². The summed E-state index contributed by atoms with van der Waals surface area (Å²) < 4.78 is 34.2. The van der Waals surface area contributed by atoms with Crippen molar-refractivity contribution >= 4 is 5.91 Å². The van der Waals surface area contributed by atoms with E-state index < -0.39 is 124 Å². The zero-order valence-corrected chi connectivity index (χ0v) is 51.5. The van der Waals surface area contributed by atoms with Gasteiger partial charge in [-0.15, -0.1) is 0 Å². The molecule has 12 N–H and O–H groups in total. The molecule has 0 aromatic rings. The Labute approximate surface area is 513 Å². The molecule has 3 saturated heterocycles. The van der Waals surface area contributed by atoms with Crippen LogP contribution in [-0.4, -0.2) is 193 Å². The normalized spacial score (nSPS) is 29.5. The monoisotopic (exact) mass is 1220 g/mol. The zero-order chi connectivity index (χ0) is 62.6. The van der Waals surface area contributed by atoms with Crippen LogP contribution in [0, 0.1) is 0 Å². The van der Waals surface area contributed by atoms with Crippen LogP contribution in [0.2, 0.25) is 0 Å². The molecule has 3 rings (SSSR count). The first-order chi connectivity index (χ1) is 41.8. The Bertz CT molecular complexity index is 1990. The summed E-state index contributed by atoms with van der Waals surface area (Å²) in [7, 11) is 0. The lowest BCUT2D eigenvalue weighted by molar-refractivity contribution is -0.379. The van der Waals surface area contributed by atoms with E-state index in [9.17, 15) is 61.0 Å². The molecule has 0 aromatic heterocycles. The van der Waals surface area contributed by atoms with Crippen molar-refractivity contribution in [3.8, 4) is 0 Å². The van der Waals surface area contributed by atoms with Crippen LogP contribution >= 0.6 is 0 Å². The van der Waals surface area contributed by atoms with Gasteiger partial charge in [-0.1, -0.05) is 194 Å². The Morgan fingerprint density at radius 3 is 1.26 bits per heavy atom. The highest BCUT2D eigenvalue weighted by atomic mass is 16.8. The third kappa shape index (κ3) is 30.8. The average molecular weight is 1220 g/mol. The van der Waals surface area contributed by atoms with Gasteiger partial charge in [0.2, 0.25) is 5.91 Å². The van der Waals surface area contributed by atoms with Gasteiger partial charge in [0.25, 0.3) is 0 Å². The zero-order valence-electron chi connectivity index (χ0n) is 51.5. The van der Waals surface area contributed by atoms with Crippen LogP contribution < -0.4 is 5.32 Å². The van der Waals surface area contributed by atoms with E-state index in [0.29, 0.717) is 6.42 Å². The highest BCUT2D eigenvalue weighted by Crippen LogP contribution is 2.33. The van der Waals surface area contributed by atoms with Gasteiger partial charge >= 0.3 is 0 Å². The summed E-state index contributed by atoms with van der Waals surface area (Å²) in [6, 6.07) is -0.987. The number of amides is 1. The van der Waals surface area contributed by atoms with Crippen molar-refractivity contribution < 1.29 is 89.4 Å². The summed E-state index contributed by atoms with van der Waals surface area (Å²) in [4.78, 5) is 13.3. The predicted molar refractivity (Wildman–Crippen MR) is 332 cm³/mol. The highest BCUT2D eigenvalue weighted by Gasteiger charge is 2.53. The lowest BCUT2D eigenvalue weighted by Gasteiger charge is -2.48. The first-order valence-corrected chi connectivity index (χ1v) is 32.1. The molecule has 3 aliphatic heterocycles. The molecule has 0 aromatic carbocycles. The van der Waals surface area contributed by atoms with E-state index in [2.05, 4.69) is 116 Å². The molecule has 0 spiro atoms. The molecule has 0 radical (unpaired) electrons. The summed E-state index contributed by atoms with van der Waals surface area (Å²) >= 11 is 0. The topological polar surface area (TPSA) is 307 Å². The number of unbranched alkanes of at least 4 members (excludes halogenated alkanes) is 14. The maximum absolute atomic E-state index is 13.3. The van der Waals surface area contributed by atoms with Gasteiger partial charge in [0.05, 0.1) is 38.6 Å². The van der Waals surface area contributed by atoms with Crippen molar-refractivity contribution in [2.75, 3.05) is 26.4 Å². The minimum absolute atomic E-state index is 0.218. The minimum atomic E-state index is -1.98. The van der Waals surface area contributed by atoms with Gasteiger partial charge in [-0.25, -0.2) is 0 Å². The van der Waals surface area contributed by atoms with Crippen molar-refractivity contribution in [3.63, 3.8) is 0 Å². The summed E-state index contributed by atoms with van der Waals surface area (Å²) in [5.74, 6) is -0.298. The Hall–Kier alpha value is -3.55. The van der Waals surface area contributed by atoms with E-state index in [0.717, 1.165) is 116 Å². The van der Waals surface area contributed by atoms with Crippen molar-refractivity contribution in [2.45, 2.75) is 279 Å². The van der Waals surface area contributed by atoms with Gasteiger partial charge in [0, 0.05) is 6.42 Å². The van der Waals surface area contributed by atoms with Crippen LogP contribution in [0.3, 0.4) is 0 Å². The summed E-state index contributed by atoms with van der Waals surface area (Å²) in [6.45, 7) is 1.54. The molecule has 19 nitrogen and oxygen atoms in total. The number of carbonyl (C=O) groups excluding carboxylic acids is 1. The Kier molecular flexibility index (Phi) is 43.1. The number of hydrogen-bond acceptors (Lipinski definition) is 18. The van der Waals surface area contributed by atoms with Gasteiger partial charge in [0.1, 0.15) is 73.2 Å². The predicted octanol–water partition coefficient (Wildman–Crippen LogP) is 7.10. The Morgan fingerprint density at radius 1 is 0.430 bits per heavy atom. The lowest BCUT2D eigenvalue weighted by Crippen LogP contribution is -2.66. The number of aliphatic hydroxyl groups is 11. The number of ether oxygens (including phenoxy) is 6. The maximum atomic E-state index is 13.3. The molecule has 0 saturated carbocycles. The number of nitrogens with one attached hydrogen (secondary N) is 1. The minimum Gasteiger partial charge on any atom is -0.394 e. The van der Waals surface area contributed by atoms with Crippen molar-refractivity contribution in [1.29, 1.82) is 0 Å². The molecule has 19 heteroatoms. The van der Waals surface area contributed by atoms with Gasteiger partial charge in [0.15, 0.2) is 18.9 Å². The largest absolute Gasteiger partial charge is 0.394 e. The van der Waals surface area contributed by atoms with Crippen LogP contribution in [0.5, 0.6) is 0 Å². The van der Waals surface area contributed by atoms with E-state index in [4.69, 9.17) is 28.4 Å². The van der Waals surface area contributed by atoms with Crippen LogP contribution in [-0.2, 0) is 33.2 Å². The second-order valence-electron chi connectivity index (χ2n) is 22.5. The first kappa shape index (κ1) is 76.7. The van der Waals surface area contributed by atoms with Crippen LogP contribution in [0.4, 0.5) is 0 Å². The Balaban J connectivity index is 1.40. The molecule has 3 heterocycles. The lowest BCUT2D eigenvalue weighted by atomic mass is 9.96. The third-order valence-electron chi connectivity index (χ3n) is 15.3. The fourth-order valence-electron chi connectivity index (χ4n) is 10.1. The van der Waals surface area contributed by atoms with Crippen molar-refractivity contribution in [1.82, 2.24) is 5.32 Å². The fraction of sp³-hybridized carbons (Fsp3) is 0.716. The van der Waals surface area contributed by atoms with Gasteiger partial charge < -0.3 is 89.9 Å². The number of hydrogen-bond donors (Lipinski definition) is 12. The van der Waals surface area contributed by atoms with Crippen LogP contribution in [0.1, 0.15) is 174 Å². The molecule has 17 atom stereocenters. The summed E-state index contributed by atoms with van der Waals surface area (Å²) in [6.07, 6.45) is 36.5. The van der Waals surface area contributed by atoms with Crippen molar-refractivity contribution in [3.05, 3.63) is 109 Å². The van der Waals surface area contributed by atoms with E-state index in [1.807, 2.05) is 6.08 Å². The molecular formula is C67H111NO18. The fourth-order valence-corrected chi connectivity index (χ4v) is 10.1.